The molecule has 1 aliphatic carbocycles. The van der Waals surface area contributed by atoms with E-state index in [4.69, 9.17) is 15.9 Å². The number of ketones is 1. The van der Waals surface area contributed by atoms with Gasteiger partial charge in [0.1, 0.15) is 6.04 Å². The number of carbonyl (C=O) groups excluding carboxylic acids is 2. The van der Waals surface area contributed by atoms with Gasteiger partial charge in [-0.05, 0) is 71.2 Å². The highest BCUT2D eigenvalue weighted by Gasteiger charge is 2.41. The molecule has 0 heterocycles. The fourth-order valence-corrected chi connectivity index (χ4v) is 5.40. The number of amides is 1. The van der Waals surface area contributed by atoms with Crippen molar-refractivity contribution in [1.29, 1.82) is 5.41 Å². The molecular formula is C23H44N4O3S. The monoisotopic (exact) mass is 456 g/mol. The lowest BCUT2D eigenvalue weighted by Crippen LogP contribution is -2.55. The first-order valence-electron chi connectivity index (χ1n) is 11.8. The van der Waals surface area contributed by atoms with E-state index in [9.17, 15) is 9.59 Å². The fraction of sp³-hybridized carbons (Fsp3) is 0.870. The van der Waals surface area contributed by atoms with Crippen LogP contribution in [0, 0.1) is 11.3 Å². The molecule has 0 bridgehead atoms. The van der Waals surface area contributed by atoms with Crippen LogP contribution in [-0.4, -0.2) is 53.4 Å². The zero-order valence-corrected chi connectivity index (χ0v) is 20.7. The van der Waals surface area contributed by atoms with Crippen LogP contribution < -0.4 is 16.4 Å². The highest BCUT2D eigenvalue weighted by atomic mass is 32.2. The minimum Gasteiger partial charge on any atom is -0.447 e. The maximum absolute atomic E-state index is 13.2. The van der Waals surface area contributed by atoms with Crippen molar-refractivity contribution in [1.82, 2.24) is 10.6 Å². The normalized spacial score (nSPS) is 17.7. The molecule has 0 aromatic carbocycles. The van der Waals surface area contributed by atoms with Gasteiger partial charge in [-0.1, -0.05) is 26.2 Å². The van der Waals surface area contributed by atoms with E-state index in [-0.39, 0.29) is 24.1 Å². The molecule has 8 heteroatoms. The second kappa shape index (κ2) is 14.7. The Morgan fingerprint density at radius 1 is 1.26 bits per heavy atom. The second-order valence-corrected chi connectivity index (χ2v) is 10.8. The number of hydrogen-bond donors (Lipinski definition) is 4. The lowest BCUT2D eigenvalue weighted by Gasteiger charge is -2.36. The quantitative estimate of drug-likeness (QED) is 0.166. The number of rotatable bonds is 15. The van der Waals surface area contributed by atoms with Crippen molar-refractivity contribution in [3.05, 3.63) is 0 Å². The molecule has 31 heavy (non-hydrogen) atoms. The largest absolute Gasteiger partial charge is 0.447 e. The van der Waals surface area contributed by atoms with Crippen LogP contribution in [-0.2, 0) is 9.53 Å². The van der Waals surface area contributed by atoms with Crippen LogP contribution in [0.3, 0.4) is 0 Å². The Morgan fingerprint density at radius 2 is 1.94 bits per heavy atom. The summed E-state index contributed by atoms with van der Waals surface area (Å²) in [6.07, 6.45) is 7.98. The Morgan fingerprint density at radius 3 is 2.52 bits per heavy atom. The molecule has 2 atom stereocenters. The predicted octanol–water partition coefficient (Wildman–Crippen LogP) is 4.24. The standard InChI is InChI=1S/C23H44N4O3S/c1-5-14-31-23(4,15-20(24)25)21(27-22(29)30-17(2)3)19(28)12-9-13-26-16-18-10-7-6-8-11-18/h17-18,21,26H,5-16H2,1-4H3,(H3,24,25)(H,27,29)/t21-,23-/m0/s1. The van der Waals surface area contributed by atoms with Crippen molar-refractivity contribution in [3.8, 4) is 0 Å². The van der Waals surface area contributed by atoms with Crippen molar-refractivity contribution in [2.45, 2.75) is 102 Å². The molecule has 0 aliphatic heterocycles. The van der Waals surface area contributed by atoms with Gasteiger partial charge in [-0.3, -0.25) is 10.2 Å². The van der Waals surface area contributed by atoms with E-state index in [1.807, 2.05) is 6.92 Å². The number of nitrogens with two attached hydrogens (primary N) is 1. The van der Waals surface area contributed by atoms with Crippen LogP contribution >= 0.6 is 11.8 Å². The molecule has 5 N–H and O–H groups in total. The summed E-state index contributed by atoms with van der Waals surface area (Å²) < 4.78 is 4.55. The summed E-state index contributed by atoms with van der Waals surface area (Å²) in [6.45, 7) is 9.33. The number of Topliss-reactive ketones (excluding diaryl/α,β-unsaturated/α-hetero) is 1. The van der Waals surface area contributed by atoms with E-state index in [1.165, 1.54) is 32.1 Å². The van der Waals surface area contributed by atoms with Crippen molar-refractivity contribution in [2.24, 2.45) is 11.7 Å². The summed E-state index contributed by atoms with van der Waals surface area (Å²) in [6, 6.07) is -0.752. The SMILES string of the molecule is CCCS[C@@](C)(CC(=N)N)[C@@H](NC(=O)OC(C)C)C(=O)CCCNCC1CCCCC1. The molecule has 0 saturated heterocycles. The Hall–Kier alpha value is -1.28. The summed E-state index contributed by atoms with van der Waals surface area (Å²) in [5, 5.41) is 14.1. The zero-order valence-electron chi connectivity index (χ0n) is 19.9. The Balaban J connectivity index is 2.71. The molecule has 0 radical (unpaired) electrons. The Bertz CT molecular complexity index is 567. The van der Waals surface area contributed by atoms with E-state index in [0.29, 0.717) is 6.42 Å². The third kappa shape index (κ3) is 11.2. The van der Waals surface area contributed by atoms with Gasteiger partial charge in [0.25, 0.3) is 0 Å². The number of carbonyl (C=O) groups is 2. The molecule has 180 valence electrons. The van der Waals surface area contributed by atoms with E-state index in [0.717, 1.165) is 37.6 Å². The predicted molar refractivity (Wildman–Crippen MR) is 130 cm³/mol. The van der Waals surface area contributed by atoms with Gasteiger partial charge < -0.3 is 21.1 Å². The molecular weight excluding hydrogens is 412 g/mol. The minimum absolute atomic E-state index is 0.0112. The molecule has 0 unspecified atom stereocenters. The van der Waals surface area contributed by atoms with Crippen LogP contribution in [0.5, 0.6) is 0 Å². The Labute approximate surface area is 192 Å². The molecule has 0 spiro atoms. The summed E-state index contributed by atoms with van der Waals surface area (Å²) in [5.41, 5.74) is 5.71. The van der Waals surface area contributed by atoms with Crippen LogP contribution in [0.15, 0.2) is 0 Å². The first-order chi connectivity index (χ1) is 14.7. The van der Waals surface area contributed by atoms with Gasteiger partial charge in [-0.2, -0.15) is 11.8 Å². The molecule has 1 aliphatic rings. The van der Waals surface area contributed by atoms with Crippen molar-refractivity contribution >= 4 is 29.5 Å². The van der Waals surface area contributed by atoms with Gasteiger partial charge in [-0.15, -0.1) is 0 Å². The summed E-state index contributed by atoms with van der Waals surface area (Å²) in [7, 11) is 0. The van der Waals surface area contributed by atoms with Crippen LogP contribution in [0.4, 0.5) is 4.79 Å². The molecule has 1 fully saturated rings. The summed E-state index contributed by atoms with van der Waals surface area (Å²) in [5.74, 6) is 1.55. The lowest BCUT2D eigenvalue weighted by atomic mass is 9.89. The summed E-state index contributed by atoms with van der Waals surface area (Å²) >= 11 is 1.58. The number of hydrogen-bond acceptors (Lipinski definition) is 6. The second-order valence-electron chi connectivity index (χ2n) is 9.17. The van der Waals surface area contributed by atoms with Crippen molar-refractivity contribution < 1.29 is 14.3 Å². The van der Waals surface area contributed by atoms with Crippen molar-refractivity contribution in [3.63, 3.8) is 0 Å². The average molecular weight is 457 g/mol. The highest BCUT2D eigenvalue weighted by molar-refractivity contribution is 8.00. The molecule has 1 saturated carbocycles. The van der Waals surface area contributed by atoms with Gasteiger partial charge in [0.2, 0.25) is 0 Å². The minimum atomic E-state index is -0.752. The van der Waals surface area contributed by atoms with Gasteiger partial charge in [0.15, 0.2) is 5.78 Å². The van der Waals surface area contributed by atoms with Gasteiger partial charge in [-0.25, -0.2) is 4.79 Å². The van der Waals surface area contributed by atoms with E-state index in [2.05, 4.69) is 17.6 Å². The molecule has 0 aromatic heterocycles. The maximum Gasteiger partial charge on any atom is 0.408 e. The van der Waals surface area contributed by atoms with Crippen LogP contribution in [0.2, 0.25) is 0 Å². The first kappa shape index (κ1) is 27.8. The number of nitrogens with one attached hydrogen (secondary N) is 3. The number of amidine groups is 1. The van der Waals surface area contributed by atoms with Crippen LogP contribution in [0.1, 0.15) is 85.5 Å². The van der Waals surface area contributed by atoms with Crippen LogP contribution in [0.25, 0.3) is 0 Å². The van der Waals surface area contributed by atoms with E-state index >= 15 is 0 Å². The average Bonchev–Trinajstić information content (AvgIpc) is 2.69. The van der Waals surface area contributed by atoms with Gasteiger partial charge >= 0.3 is 6.09 Å². The zero-order chi connectivity index (χ0) is 23.3. The third-order valence-electron chi connectivity index (χ3n) is 5.65. The lowest BCUT2D eigenvalue weighted by molar-refractivity contribution is -0.121. The topological polar surface area (TPSA) is 117 Å². The fourth-order valence-electron chi connectivity index (χ4n) is 4.12. The highest BCUT2D eigenvalue weighted by Crippen LogP contribution is 2.34. The van der Waals surface area contributed by atoms with Gasteiger partial charge in [0.05, 0.1) is 11.9 Å². The number of ether oxygens (including phenoxy) is 1. The smallest absolute Gasteiger partial charge is 0.408 e. The number of thioether (sulfide) groups is 1. The Kier molecular flexibility index (Phi) is 13.2. The van der Waals surface area contributed by atoms with E-state index in [1.54, 1.807) is 25.6 Å². The molecule has 1 amide bonds. The molecule has 1 rings (SSSR count). The summed E-state index contributed by atoms with van der Waals surface area (Å²) in [4.78, 5) is 25.5. The maximum atomic E-state index is 13.2. The van der Waals surface area contributed by atoms with E-state index < -0.39 is 16.9 Å². The van der Waals surface area contributed by atoms with Crippen molar-refractivity contribution in [2.75, 3.05) is 18.8 Å². The molecule has 0 aromatic rings. The first-order valence-corrected chi connectivity index (χ1v) is 12.8. The van der Waals surface area contributed by atoms with Gasteiger partial charge in [0, 0.05) is 17.6 Å². The number of alkyl carbamates (subject to hydrolysis) is 1. The third-order valence-corrected chi connectivity index (χ3v) is 7.30. The molecule has 7 nitrogen and oxygen atoms in total.